The van der Waals surface area contributed by atoms with Crippen LogP contribution < -0.4 is 5.32 Å². The van der Waals surface area contributed by atoms with E-state index in [4.69, 9.17) is 0 Å². The fraction of sp³-hybridized carbons (Fsp3) is 0.636. The van der Waals surface area contributed by atoms with Crippen LogP contribution in [-0.2, 0) is 24.4 Å². The molecule has 1 aromatic heterocycles. The number of hydrogen-bond acceptors (Lipinski definition) is 2. The Bertz CT molecular complexity index is 322. The molecule has 0 fully saturated rings. The largest absolute Gasteiger partial charge is 0.353 e. The van der Waals surface area contributed by atoms with Gasteiger partial charge in [0.15, 0.2) is 0 Å². The summed E-state index contributed by atoms with van der Waals surface area (Å²) in [5.74, 6) is 0. The minimum Gasteiger partial charge on any atom is -0.353 e. The lowest BCUT2D eigenvalue weighted by atomic mass is 10.3. The molecule has 2 unspecified atom stereocenters. The Morgan fingerprint density at radius 1 is 1.60 bits per heavy atom. The van der Waals surface area contributed by atoms with Gasteiger partial charge in [0.1, 0.15) is 0 Å². The highest BCUT2D eigenvalue weighted by atomic mass is 32.2. The molecule has 0 aliphatic rings. The topological polar surface area (TPSA) is 34.0 Å². The lowest BCUT2D eigenvalue weighted by Gasteiger charge is -2.09. The van der Waals surface area contributed by atoms with Gasteiger partial charge in [-0.05, 0) is 25.1 Å². The van der Waals surface area contributed by atoms with Gasteiger partial charge in [0.25, 0.3) is 0 Å². The fourth-order valence-corrected chi connectivity index (χ4v) is 1.82. The van der Waals surface area contributed by atoms with Crippen molar-refractivity contribution in [3.63, 3.8) is 0 Å². The van der Waals surface area contributed by atoms with E-state index in [0.717, 1.165) is 19.5 Å². The van der Waals surface area contributed by atoms with E-state index in [0.29, 0.717) is 0 Å². The molecule has 0 saturated carbocycles. The molecular weight excluding hydrogens is 208 g/mol. The molecule has 3 nitrogen and oxygen atoms in total. The molecule has 1 rings (SSSR count). The Morgan fingerprint density at radius 2 is 2.33 bits per heavy atom. The van der Waals surface area contributed by atoms with E-state index >= 15 is 0 Å². The molecule has 4 heteroatoms. The lowest BCUT2D eigenvalue weighted by Crippen LogP contribution is -2.21. The Kier molecular flexibility index (Phi) is 5.05. The van der Waals surface area contributed by atoms with Crippen molar-refractivity contribution in [2.75, 3.05) is 12.8 Å². The first kappa shape index (κ1) is 12.5. The van der Waals surface area contributed by atoms with E-state index < -0.39 is 10.8 Å². The van der Waals surface area contributed by atoms with Gasteiger partial charge in [-0.3, -0.25) is 4.21 Å². The van der Waals surface area contributed by atoms with Crippen LogP contribution in [0.5, 0.6) is 0 Å². The van der Waals surface area contributed by atoms with Gasteiger partial charge < -0.3 is 9.88 Å². The number of hydrogen-bond donors (Lipinski definition) is 1. The molecule has 15 heavy (non-hydrogen) atoms. The van der Waals surface area contributed by atoms with Crippen molar-refractivity contribution in [1.82, 2.24) is 9.88 Å². The molecule has 2 atom stereocenters. The normalized spacial score (nSPS) is 15.1. The molecule has 0 bridgehead atoms. The fourth-order valence-electron chi connectivity index (χ4n) is 1.37. The molecular formula is C11H20N2OS. The molecule has 1 N–H and O–H groups in total. The number of nitrogens with one attached hydrogen (secondary N) is 1. The average Bonchev–Trinajstić information content (AvgIpc) is 2.58. The van der Waals surface area contributed by atoms with Crippen molar-refractivity contribution in [2.24, 2.45) is 7.05 Å². The highest BCUT2D eigenvalue weighted by molar-refractivity contribution is 7.84. The lowest BCUT2D eigenvalue weighted by molar-refractivity contribution is 0.613. The van der Waals surface area contributed by atoms with Crippen molar-refractivity contribution in [1.29, 1.82) is 0 Å². The Labute approximate surface area is 94.3 Å². The maximum atomic E-state index is 11.1. The van der Waals surface area contributed by atoms with Gasteiger partial charge in [-0.25, -0.2) is 0 Å². The molecule has 0 radical (unpaired) electrons. The van der Waals surface area contributed by atoms with E-state index in [9.17, 15) is 4.21 Å². The van der Waals surface area contributed by atoms with Crippen molar-refractivity contribution in [2.45, 2.75) is 25.1 Å². The van der Waals surface area contributed by atoms with Crippen LogP contribution in [0.3, 0.4) is 0 Å². The molecule has 0 amide bonds. The van der Waals surface area contributed by atoms with Gasteiger partial charge in [-0.15, -0.1) is 0 Å². The summed E-state index contributed by atoms with van der Waals surface area (Å²) >= 11 is 0. The maximum Gasteiger partial charge on any atom is 0.0359 e. The molecule has 0 spiro atoms. The van der Waals surface area contributed by atoms with Crippen molar-refractivity contribution < 1.29 is 4.21 Å². The third kappa shape index (κ3) is 4.18. The van der Waals surface area contributed by atoms with Crippen molar-refractivity contribution in [3.05, 3.63) is 24.0 Å². The van der Waals surface area contributed by atoms with Gasteiger partial charge in [0.05, 0.1) is 0 Å². The van der Waals surface area contributed by atoms with E-state index in [1.165, 1.54) is 5.69 Å². The summed E-state index contributed by atoms with van der Waals surface area (Å²) in [5, 5.41) is 3.64. The summed E-state index contributed by atoms with van der Waals surface area (Å²) in [6.45, 7) is 3.83. The smallest absolute Gasteiger partial charge is 0.0359 e. The molecule has 0 saturated heterocycles. The zero-order valence-electron chi connectivity index (χ0n) is 9.69. The molecule has 0 aliphatic heterocycles. The van der Waals surface area contributed by atoms with E-state index in [2.05, 4.69) is 16.0 Å². The predicted octanol–water partition coefficient (Wildman–Crippen LogP) is 1.27. The quantitative estimate of drug-likeness (QED) is 0.744. The van der Waals surface area contributed by atoms with Crippen LogP contribution in [0.25, 0.3) is 0 Å². The highest BCUT2D eigenvalue weighted by Crippen LogP contribution is 2.00. The number of nitrogens with zero attached hydrogens (tertiary/aromatic N) is 1. The predicted molar refractivity (Wildman–Crippen MR) is 65.3 cm³/mol. The minimum atomic E-state index is -0.700. The molecule has 0 aliphatic carbocycles. The second-order valence-corrected chi connectivity index (χ2v) is 5.69. The van der Waals surface area contributed by atoms with Crippen LogP contribution in [0.15, 0.2) is 18.3 Å². The highest BCUT2D eigenvalue weighted by Gasteiger charge is 2.05. The monoisotopic (exact) mass is 228 g/mol. The van der Waals surface area contributed by atoms with Gasteiger partial charge in [0, 0.05) is 47.8 Å². The second-order valence-electron chi connectivity index (χ2n) is 3.89. The Balaban J connectivity index is 2.17. The van der Waals surface area contributed by atoms with Crippen LogP contribution in [0.2, 0.25) is 0 Å². The van der Waals surface area contributed by atoms with E-state index in [1.807, 2.05) is 26.2 Å². The number of aryl methyl sites for hydroxylation is 1. The van der Waals surface area contributed by atoms with E-state index in [1.54, 1.807) is 6.26 Å². The zero-order chi connectivity index (χ0) is 11.3. The molecule has 1 aromatic rings. The summed E-state index contributed by atoms with van der Waals surface area (Å²) < 4.78 is 13.2. The minimum absolute atomic E-state index is 0.283. The summed E-state index contributed by atoms with van der Waals surface area (Å²) in [4.78, 5) is 0. The zero-order valence-corrected chi connectivity index (χ0v) is 10.5. The third-order valence-electron chi connectivity index (χ3n) is 2.65. The van der Waals surface area contributed by atoms with Gasteiger partial charge >= 0.3 is 0 Å². The first-order valence-electron chi connectivity index (χ1n) is 5.24. The maximum absolute atomic E-state index is 11.1. The summed E-state index contributed by atoms with van der Waals surface area (Å²) in [5.41, 5.74) is 1.28. The number of rotatable bonds is 6. The summed E-state index contributed by atoms with van der Waals surface area (Å²) in [7, 11) is 1.34. The summed E-state index contributed by atoms with van der Waals surface area (Å²) in [6.07, 6.45) is 4.77. The van der Waals surface area contributed by atoms with E-state index in [-0.39, 0.29) is 5.25 Å². The standard InChI is InChI=1S/C11H20N2OS/c1-10(15(3)14)6-7-12-9-11-5-4-8-13(11)2/h4-5,8,10,12H,6-7,9H2,1-3H3. The second kappa shape index (κ2) is 6.08. The molecule has 1 heterocycles. The van der Waals surface area contributed by atoms with Crippen molar-refractivity contribution in [3.8, 4) is 0 Å². The van der Waals surface area contributed by atoms with Crippen LogP contribution in [0.1, 0.15) is 19.0 Å². The van der Waals surface area contributed by atoms with Crippen molar-refractivity contribution >= 4 is 10.8 Å². The van der Waals surface area contributed by atoms with Gasteiger partial charge in [0.2, 0.25) is 0 Å². The first-order valence-corrected chi connectivity index (χ1v) is 6.86. The van der Waals surface area contributed by atoms with Crippen LogP contribution >= 0.6 is 0 Å². The van der Waals surface area contributed by atoms with Crippen LogP contribution in [-0.4, -0.2) is 26.8 Å². The summed E-state index contributed by atoms with van der Waals surface area (Å²) in [6, 6.07) is 4.15. The number of aromatic nitrogens is 1. The third-order valence-corrected chi connectivity index (χ3v) is 4.02. The first-order chi connectivity index (χ1) is 7.11. The SMILES string of the molecule is CC(CCNCc1cccn1C)S(C)=O. The Morgan fingerprint density at radius 3 is 2.87 bits per heavy atom. The molecule has 0 aromatic carbocycles. The molecule has 86 valence electrons. The van der Waals surface area contributed by atoms with Gasteiger partial charge in [-0.1, -0.05) is 6.92 Å². The van der Waals surface area contributed by atoms with Gasteiger partial charge in [-0.2, -0.15) is 0 Å². The Hall–Kier alpha value is -0.610. The average molecular weight is 228 g/mol. The van der Waals surface area contributed by atoms with Crippen LogP contribution in [0, 0.1) is 0 Å². The van der Waals surface area contributed by atoms with Crippen LogP contribution in [0.4, 0.5) is 0 Å².